The van der Waals surface area contributed by atoms with Crippen molar-refractivity contribution in [1.29, 1.82) is 0 Å². The van der Waals surface area contributed by atoms with Gasteiger partial charge in [0, 0.05) is 12.6 Å². The van der Waals surface area contributed by atoms with E-state index in [2.05, 4.69) is 72.9 Å². The van der Waals surface area contributed by atoms with Crippen molar-refractivity contribution in [2.45, 2.75) is 18.5 Å². The van der Waals surface area contributed by atoms with Crippen LogP contribution < -0.4 is 15.8 Å². The maximum Gasteiger partial charge on any atom is 0.118 e. The lowest BCUT2D eigenvalue weighted by Gasteiger charge is -2.39. The van der Waals surface area contributed by atoms with Crippen molar-refractivity contribution in [1.82, 2.24) is 5.32 Å². The van der Waals surface area contributed by atoms with E-state index in [-0.39, 0.29) is 6.04 Å². The molecule has 0 aliphatic heterocycles. The summed E-state index contributed by atoms with van der Waals surface area (Å²) in [5.41, 5.74) is 8.37. The van der Waals surface area contributed by atoms with Crippen LogP contribution in [-0.4, -0.2) is 46.1 Å². The Morgan fingerprint density at radius 2 is 1.28 bits per heavy atom. The number of ether oxygens (including phenoxy) is 3. The minimum absolute atomic E-state index is 0.0759. The molecule has 0 aliphatic carbocycles. The van der Waals surface area contributed by atoms with Crippen LogP contribution in [0.25, 0.3) is 0 Å². The number of hydrogen-bond acceptors (Lipinski definition) is 5. The van der Waals surface area contributed by atoms with Crippen molar-refractivity contribution in [2.24, 2.45) is 5.73 Å². The molecule has 3 rings (SSSR count). The van der Waals surface area contributed by atoms with Crippen molar-refractivity contribution in [3.05, 3.63) is 102 Å². The molecule has 0 saturated carbocycles. The topological polar surface area (TPSA) is 65.7 Å². The molecule has 0 aromatic heterocycles. The third kappa shape index (κ3) is 5.96. The molecule has 5 nitrogen and oxygen atoms in total. The molecule has 0 bridgehead atoms. The van der Waals surface area contributed by atoms with Crippen LogP contribution in [0.15, 0.2) is 84.9 Å². The van der Waals surface area contributed by atoms with Gasteiger partial charge in [0.2, 0.25) is 0 Å². The smallest absolute Gasteiger partial charge is 0.118 e. The van der Waals surface area contributed by atoms with Gasteiger partial charge >= 0.3 is 0 Å². The Morgan fingerprint density at radius 3 is 1.81 bits per heavy atom. The third-order valence-electron chi connectivity index (χ3n) is 5.40. The Kier molecular flexibility index (Phi) is 9.26. The standard InChI is InChI=1S/C27H34N2O3/c1-22(21-32-20-19-31-18-17-28)29-27(23-9-5-3-6-10-23,24-11-7-4-8-12-24)25-13-15-26(30-2)16-14-25/h3-16,22,29H,17-21,28H2,1-2H3. The molecular formula is C27H34N2O3. The second-order valence-electron chi connectivity index (χ2n) is 7.73. The molecule has 0 aliphatic rings. The van der Waals surface area contributed by atoms with Gasteiger partial charge in [-0.2, -0.15) is 0 Å². The summed E-state index contributed by atoms with van der Waals surface area (Å²) in [4.78, 5) is 0. The maximum atomic E-state index is 5.88. The van der Waals surface area contributed by atoms with Crippen molar-refractivity contribution in [3.8, 4) is 5.75 Å². The Bertz CT molecular complexity index is 862. The largest absolute Gasteiger partial charge is 0.497 e. The first-order valence-corrected chi connectivity index (χ1v) is 11.1. The van der Waals surface area contributed by atoms with Gasteiger partial charge in [-0.1, -0.05) is 72.8 Å². The van der Waals surface area contributed by atoms with Gasteiger partial charge < -0.3 is 19.9 Å². The van der Waals surface area contributed by atoms with Crippen molar-refractivity contribution in [3.63, 3.8) is 0 Å². The summed E-state index contributed by atoms with van der Waals surface area (Å²) in [6.45, 7) is 4.87. The average molecular weight is 435 g/mol. The monoisotopic (exact) mass is 434 g/mol. The summed E-state index contributed by atoms with van der Waals surface area (Å²) >= 11 is 0. The fourth-order valence-corrected chi connectivity index (χ4v) is 3.94. The van der Waals surface area contributed by atoms with Crippen molar-refractivity contribution < 1.29 is 14.2 Å². The minimum Gasteiger partial charge on any atom is -0.497 e. The predicted molar refractivity (Wildman–Crippen MR) is 129 cm³/mol. The molecule has 5 heteroatoms. The fraction of sp³-hybridized carbons (Fsp3) is 0.333. The summed E-state index contributed by atoms with van der Waals surface area (Å²) < 4.78 is 16.7. The Morgan fingerprint density at radius 1 is 0.750 bits per heavy atom. The Balaban J connectivity index is 1.94. The van der Waals surface area contributed by atoms with Gasteiger partial charge in [0.1, 0.15) is 5.75 Å². The van der Waals surface area contributed by atoms with Gasteiger partial charge in [-0.3, -0.25) is 5.32 Å². The van der Waals surface area contributed by atoms with E-state index in [1.807, 2.05) is 24.3 Å². The molecule has 3 aromatic carbocycles. The van der Waals surface area contributed by atoms with Crippen LogP contribution in [0.5, 0.6) is 5.75 Å². The molecule has 3 N–H and O–H groups in total. The van der Waals surface area contributed by atoms with E-state index in [0.29, 0.717) is 33.0 Å². The summed E-state index contributed by atoms with van der Waals surface area (Å²) in [7, 11) is 1.69. The molecule has 0 saturated heterocycles. The van der Waals surface area contributed by atoms with Crippen LogP contribution in [0.1, 0.15) is 23.6 Å². The molecule has 0 amide bonds. The number of methoxy groups -OCH3 is 1. The van der Waals surface area contributed by atoms with Crippen LogP contribution in [0.2, 0.25) is 0 Å². The third-order valence-corrected chi connectivity index (χ3v) is 5.40. The lowest BCUT2D eigenvalue weighted by Crippen LogP contribution is -2.50. The van der Waals surface area contributed by atoms with E-state index in [1.165, 1.54) is 0 Å². The zero-order valence-electron chi connectivity index (χ0n) is 19.0. The highest BCUT2D eigenvalue weighted by molar-refractivity contribution is 5.50. The van der Waals surface area contributed by atoms with E-state index in [9.17, 15) is 0 Å². The first-order valence-electron chi connectivity index (χ1n) is 11.1. The fourth-order valence-electron chi connectivity index (χ4n) is 3.94. The first kappa shape index (κ1) is 24.0. The first-order chi connectivity index (χ1) is 15.7. The molecular weight excluding hydrogens is 400 g/mol. The highest BCUT2D eigenvalue weighted by atomic mass is 16.5. The number of hydrogen-bond donors (Lipinski definition) is 2. The zero-order valence-corrected chi connectivity index (χ0v) is 19.0. The molecule has 0 heterocycles. The summed E-state index contributed by atoms with van der Waals surface area (Å²) in [5.74, 6) is 0.831. The number of rotatable bonds is 13. The van der Waals surface area contributed by atoms with Crippen molar-refractivity contribution >= 4 is 0 Å². The van der Waals surface area contributed by atoms with Gasteiger partial charge in [-0.15, -0.1) is 0 Å². The lowest BCUT2D eigenvalue weighted by molar-refractivity contribution is 0.0413. The van der Waals surface area contributed by atoms with E-state index in [4.69, 9.17) is 19.9 Å². The molecule has 3 aromatic rings. The minimum atomic E-state index is -0.548. The summed E-state index contributed by atoms with van der Waals surface area (Å²) in [6, 6.07) is 29.4. The van der Waals surface area contributed by atoms with Gasteiger partial charge in [0.15, 0.2) is 0 Å². The summed E-state index contributed by atoms with van der Waals surface area (Å²) in [6.07, 6.45) is 0. The molecule has 0 radical (unpaired) electrons. The van der Waals surface area contributed by atoms with Gasteiger partial charge in [0.25, 0.3) is 0 Å². The number of benzene rings is 3. The van der Waals surface area contributed by atoms with Crippen LogP contribution in [0, 0.1) is 0 Å². The quantitative estimate of drug-likeness (QED) is 0.315. The normalized spacial score (nSPS) is 12.5. The second-order valence-corrected chi connectivity index (χ2v) is 7.73. The maximum absolute atomic E-state index is 5.88. The molecule has 1 unspecified atom stereocenters. The van der Waals surface area contributed by atoms with Crippen LogP contribution >= 0.6 is 0 Å². The Labute approximate surface area is 191 Å². The van der Waals surface area contributed by atoms with Crippen LogP contribution in [0.3, 0.4) is 0 Å². The predicted octanol–water partition coefficient (Wildman–Crippen LogP) is 3.96. The Hall–Kier alpha value is -2.70. The zero-order chi connectivity index (χ0) is 22.7. The second kappa shape index (κ2) is 12.4. The van der Waals surface area contributed by atoms with Crippen molar-refractivity contribution in [2.75, 3.05) is 40.1 Å². The van der Waals surface area contributed by atoms with Crippen LogP contribution in [0.4, 0.5) is 0 Å². The van der Waals surface area contributed by atoms with Crippen LogP contribution in [-0.2, 0) is 15.0 Å². The summed E-state index contributed by atoms with van der Waals surface area (Å²) in [5, 5.41) is 3.89. The van der Waals surface area contributed by atoms with Gasteiger partial charge in [-0.05, 0) is 35.7 Å². The molecule has 0 spiro atoms. The number of nitrogens with two attached hydrogens (primary N) is 1. The van der Waals surface area contributed by atoms with E-state index >= 15 is 0 Å². The van der Waals surface area contributed by atoms with E-state index in [1.54, 1.807) is 7.11 Å². The van der Waals surface area contributed by atoms with Gasteiger partial charge in [-0.25, -0.2) is 0 Å². The number of nitrogens with one attached hydrogen (secondary N) is 1. The molecule has 0 fully saturated rings. The molecule has 170 valence electrons. The lowest BCUT2D eigenvalue weighted by atomic mass is 9.76. The van der Waals surface area contributed by atoms with E-state index in [0.717, 1.165) is 22.4 Å². The van der Waals surface area contributed by atoms with Gasteiger partial charge in [0.05, 0.1) is 39.1 Å². The molecule has 32 heavy (non-hydrogen) atoms. The SMILES string of the molecule is COc1ccc(C(NC(C)COCCOCCN)(c2ccccc2)c2ccccc2)cc1. The highest BCUT2D eigenvalue weighted by Gasteiger charge is 2.37. The average Bonchev–Trinajstić information content (AvgIpc) is 2.86. The molecule has 1 atom stereocenters. The van der Waals surface area contributed by atoms with E-state index < -0.39 is 5.54 Å². The highest BCUT2D eigenvalue weighted by Crippen LogP contribution is 2.38.